The molecule has 0 bridgehead atoms. The topological polar surface area (TPSA) is 58.6 Å². The van der Waals surface area contributed by atoms with E-state index in [0.29, 0.717) is 18.0 Å². The van der Waals surface area contributed by atoms with E-state index < -0.39 is 0 Å². The van der Waals surface area contributed by atoms with Gasteiger partial charge < -0.3 is 15.0 Å². The first-order chi connectivity index (χ1) is 15.0. The number of carbonyl (C=O) groups excluding carboxylic acids is 2. The van der Waals surface area contributed by atoms with Crippen molar-refractivity contribution in [3.63, 3.8) is 0 Å². The monoisotopic (exact) mass is 414 g/mol. The summed E-state index contributed by atoms with van der Waals surface area (Å²) in [7, 11) is 0. The van der Waals surface area contributed by atoms with Crippen molar-refractivity contribution in [2.75, 3.05) is 16.8 Å². The molecule has 5 heteroatoms. The summed E-state index contributed by atoms with van der Waals surface area (Å²) in [6, 6.07) is 23.0. The minimum Gasteiger partial charge on any atom is -0.457 e. The molecule has 0 spiro atoms. The van der Waals surface area contributed by atoms with E-state index in [9.17, 15) is 9.59 Å². The van der Waals surface area contributed by atoms with E-state index >= 15 is 0 Å². The Kier molecular flexibility index (Phi) is 6.03. The lowest BCUT2D eigenvalue weighted by Gasteiger charge is -2.17. The van der Waals surface area contributed by atoms with Gasteiger partial charge in [0.1, 0.15) is 11.5 Å². The van der Waals surface area contributed by atoms with Crippen LogP contribution in [0.3, 0.4) is 0 Å². The Morgan fingerprint density at radius 2 is 1.58 bits per heavy atom. The molecular formula is C26H26N2O3. The maximum Gasteiger partial charge on any atom is 0.229 e. The van der Waals surface area contributed by atoms with Gasteiger partial charge in [-0.2, -0.15) is 0 Å². The van der Waals surface area contributed by atoms with Gasteiger partial charge in [0.05, 0.1) is 5.92 Å². The van der Waals surface area contributed by atoms with Crippen LogP contribution in [-0.2, 0) is 16.0 Å². The largest absolute Gasteiger partial charge is 0.457 e. The molecule has 0 unspecified atom stereocenters. The number of nitrogens with one attached hydrogen (secondary N) is 1. The SMILES string of the molecule is CCc1ccc(N2C[C@H](C(=O)Nc3ccc(Oc4ccc(C)cc4)cc3)CC2=O)cc1. The number of aryl methyl sites for hydroxylation is 2. The number of ether oxygens (including phenoxy) is 1. The number of carbonyl (C=O) groups is 2. The first kappa shape index (κ1) is 20.7. The highest BCUT2D eigenvalue weighted by atomic mass is 16.5. The van der Waals surface area contributed by atoms with Crippen LogP contribution in [0.15, 0.2) is 72.8 Å². The van der Waals surface area contributed by atoms with Crippen molar-refractivity contribution in [2.45, 2.75) is 26.7 Å². The molecule has 1 atom stereocenters. The maximum atomic E-state index is 12.7. The number of nitrogens with zero attached hydrogens (tertiary/aromatic N) is 1. The summed E-state index contributed by atoms with van der Waals surface area (Å²) in [4.78, 5) is 26.9. The van der Waals surface area contributed by atoms with Gasteiger partial charge in [0.2, 0.25) is 11.8 Å². The third kappa shape index (κ3) is 4.94. The van der Waals surface area contributed by atoms with E-state index in [1.807, 2.05) is 67.6 Å². The van der Waals surface area contributed by atoms with Gasteiger partial charge in [0, 0.05) is 24.3 Å². The van der Waals surface area contributed by atoms with Gasteiger partial charge >= 0.3 is 0 Å². The highest BCUT2D eigenvalue weighted by molar-refractivity contribution is 6.03. The number of anilines is 2. The number of amides is 2. The zero-order valence-corrected chi connectivity index (χ0v) is 17.8. The van der Waals surface area contributed by atoms with Crippen LogP contribution in [0.5, 0.6) is 11.5 Å². The molecule has 158 valence electrons. The Bertz CT molecular complexity index is 1060. The van der Waals surface area contributed by atoms with Crippen molar-refractivity contribution in [3.8, 4) is 11.5 Å². The number of rotatable bonds is 6. The second kappa shape index (κ2) is 9.04. The normalized spacial score (nSPS) is 15.7. The van der Waals surface area contributed by atoms with E-state index in [1.165, 1.54) is 11.1 Å². The van der Waals surface area contributed by atoms with Crippen LogP contribution >= 0.6 is 0 Å². The number of hydrogen-bond donors (Lipinski definition) is 1. The third-order valence-corrected chi connectivity index (χ3v) is 5.53. The van der Waals surface area contributed by atoms with Crippen LogP contribution in [-0.4, -0.2) is 18.4 Å². The second-order valence-corrected chi connectivity index (χ2v) is 7.85. The standard InChI is InChI=1S/C26H26N2O3/c1-3-19-6-10-22(11-7-19)28-17-20(16-25(28)29)26(30)27-21-8-14-24(15-9-21)31-23-12-4-18(2)5-13-23/h4-15,20H,3,16-17H2,1-2H3,(H,27,30)/t20-/m1/s1. The Morgan fingerprint density at radius 3 is 2.19 bits per heavy atom. The van der Waals surface area contributed by atoms with Gasteiger partial charge in [0.15, 0.2) is 0 Å². The maximum absolute atomic E-state index is 12.7. The molecule has 0 aromatic heterocycles. The quantitative estimate of drug-likeness (QED) is 0.592. The smallest absolute Gasteiger partial charge is 0.229 e. The fourth-order valence-corrected chi connectivity index (χ4v) is 3.64. The van der Waals surface area contributed by atoms with E-state index in [0.717, 1.165) is 17.9 Å². The lowest BCUT2D eigenvalue weighted by Crippen LogP contribution is -2.28. The van der Waals surface area contributed by atoms with Gasteiger partial charge in [-0.1, -0.05) is 36.8 Å². The molecule has 1 aliphatic heterocycles. The summed E-state index contributed by atoms with van der Waals surface area (Å²) in [5, 5.41) is 2.92. The number of hydrogen-bond acceptors (Lipinski definition) is 3. The van der Waals surface area contributed by atoms with Gasteiger partial charge in [-0.25, -0.2) is 0 Å². The van der Waals surface area contributed by atoms with Gasteiger partial charge in [-0.05, 0) is 67.4 Å². The van der Waals surface area contributed by atoms with Crippen LogP contribution in [0.2, 0.25) is 0 Å². The van der Waals surface area contributed by atoms with E-state index in [2.05, 4.69) is 12.2 Å². The summed E-state index contributed by atoms with van der Waals surface area (Å²) >= 11 is 0. The van der Waals surface area contributed by atoms with Crippen LogP contribution in [0.1, 0.15) is 24.5 Å². The Labute approximate surface area is 182 Å². The average molecular weight is 415 g/mol. The van der Waals surface area contributed by atoms with Gasteiger partial charge in [0.25, 0.3) is 0 Å². The minimum atomic E-state index is -0.373. The Hall–Kier alpha value is -3.60. The van der Waals surface area contributed by atoms with E-state index in [4.69, 9.17) is 4.74 Å². The lowest BCUT2D eigenvalue weighted by molar-refractivity contribution is -0.122. The van der Waals surface area contributed by atoms with Crippen LogP contribution in [0.4, 0.5) is 11.4 Å². The van der Waals surface area contributed by atoms with E-state index in [-0.39, 0.29) is 24.2 Å². The molecule has 1 fully saturated rings. The summed E-state index contributed by atoms with van der Waals surface area (Å²) in [6.45, 7) is 4.52. The van der Waals surface area contributed by atoms with Crippen LogP contribution < -0.4 is 15.0 Å². The highest BCUT2D eigenvalue weighted by Gasteiger charge is 2.35. The third-order valence-electron chi connectivity index (χ3n) is 5.53. The molecule has 1 saturated heterocycles. The fourth-order valence-electron chi connectivity index (χ4n) is 3.64. The van der Waals surface area contributed by atoms with Crippen LogP contribution in [0.25, 0.3) is 0 Å². The molecule has 1 N–H and O–H groups in total. The molecular weight excluding hydrogens is 388 g/mol. The summed E-state index contributed by atoms with van der Waals surface area (Å²) in [5.41, 5.74) is 3.92. The van der Waals surface area contributed by atoms with Crippen LogP contribution in [0, 0.1) is 12.8 Å². The van der Waals surface area contributed by atoms with Crippen molar-refractivity contribution in [2.24, 2.45) is 5.92 Å². The molecule has 0 saturated carbocycles. The van der Waals surface area contributed by atoms with Gasteiger partial charge in [-0.15, -0.1) is 0 Å². The second-order valence-electron chi connectivity index (χ2n) is 7.85. The predicted molar refractivity (Wildman–Crippen MR) is 123 cm³/mol. The van der Waals surface area contributed by atoms with Crippen molar-refractivity contribution in [1.29, 1.82) is 0 Å². The highest BCUT2D eigenvalue weighted by Crippen LogP contribution is 2.27. The molecule has 0 radical (unpaired) electrons. The van der Waals surface area contributed by atoms with Crippen molar-refractivity contribution < 1.29 is 14.3 Å². The molecule has 1 aliphatic rings. The molecule has 3 aromatic carbocycles. The zero-order chi connectivity index (χ0) is 21.8. The number of benzene rings is 3. The first-order valence-corrected chi connectivity index (χ1v) is 10.6. The van der Waals surface area contributed by atoms with Crippen molar-refractivity contribution >= 4 is 23.2 Å². The average Bonchev–Trinajstić information content (AvgIpc) is 3.18. The molecule has 2 amide bonds. The molecule has 1 heterocycles. The van der Waals surface area contributed by atoms with Gasteiger partial charge in [-0.3, -0.25) is 9.59 Å². The Balaban J connectivity index is 1.35. The summed E-state index contributed by atoms with van der Waals surface area (Å²) in [5.74, 6) is 0.917. The molecule has 3 aromatic rings. The molecule has 0 aliphatic carbocycles. The van der Waals surface area contributed by atoms with Crippen molar-refractivity contribution in [1.82, 2.24) is 0 Å². The summed E-state index contributed by atoms with van der Waals surface area (Å²) in [6.07, 6.45) is 1.17. The lowest BCUT2D eigenvalue weighted by atomic mass is 10.1. The molecule has 5 nitrogen and oxygen atoms in total. The Morgan fingerprint density at radius 1 is 0.968 bits per heavy atom. The zero-order valence-electron chi connectivity index (χ0n) is 17.8. The first-order valence-electron chi connectivity index (χ1n) is 10.6. The minimum absolute atomic E-state index is 0.0220. The summed E-state index contributed by atoms with van der Waals surface area (Å²) < 4.78 is 5.82. The predicted octanol–water partition coefficient (Wildman–Crippen LogP) is 5.34. The van der Waals surface area contributed by atoms with E-state index in [1.54, 1.807) is 17.0 Å². The fraction of sp³-hybridized carbons (Fsp3) is 0.231. The molecule has 4 rings (SSSR count). The molecule has 31 heavy (non-hydrogen) atoms. The van der Waals surface area contributed by atoms with Crippen molar-refractivity contribution in [3.05, 3.63) is 83.9 Å².